The Kier molecular flexibility index (Phi) is 3.61. The van der Waals surface area contributed by atoms with Crippen LogP contribution in [0.2, 0.25) is 0 Å². The molecule has 1 rings (SSSR count). The molecule has 0 aliphatic carbocycles. The molecule has 0 aromatic heterocycles. The molecule has 0 aromatic carbocycles. The maximum absolute atomic E-state index is 11.3. The molecule has 0 radical (unpaired) electrons. The van der Waals surface area contributed by atoms with Gasteiger partial charge in [-0.25, -0.2) is 0 Å². The minimum Gasteiger partial charge on any atom is -0.383 e. The van der Waals surface area contributed by atoms with Gasteiger partial charge < -0.3 is 15.2 Å². The predicted molar refractivity (Wildman–Crippen MR) is 46.3 cm³/mol. The lowest BCUT2D eigenvalue weighted by Crippen LogP contribution is -2.38. The Morgan fingerprint density at radius 2 is 2.62 bits per heavy atom. The minimum atomic E-state index is -0.248. The molecule has 0 saturated carbocycles. The van der Waals surface area contributed by atoms with E-state index in [2.05, 4.69) is 4.79 Å². The first-order chi connectivity index (χ1) is 6.29. The number of nitrogens with zero attached hydrogens (tertiary/aromatic N) is 3. The largest absolute Gasteiger partial charge is 0.383 e. The van der Waals surface area contributed by atoms with Gasteiger partial charge in [-0.05, 0) is 12.8 Å². The van der Waals surface area contributed by atoms with Gasteiger partial charge in [0.25, 0.3) is 0 Å². The average Bonchev–Trinajstić information content (AvgIpc) is 2.54. The topological polar surface area (TPSA) is 65.9 Å². The number of rotatable bonds is 3. The van der Waals surface area contributed by atoms with Crippen LogP contribution in [0.4, 0.5) is 0 Å². The lowest BCUT2D eigenvalue weighted by atomic mass is 10.2. The van der Waals surface area contributed by atoms with Gasteiger partial charge in [-0.3, -0.25) is 4.79 Å². The molecular formula is C8H13N3O2. The van der Waals surface area contributed by atoms with Crippen molar-refractivity contribution >= 4 is 12.1 Å². The summed E-state index contributed by atoms with van der Waals surface area (Å²) in [6, 6.07) is 0.135. The van der Waals surface area contributed by atoms with Gasteiger partial charge >= 0.3 is 12.1 Å². The first kappa shape index (κ1) is 9.89. The van der Waals surface area contributed by atoms with Crippen molar-refractivity contribution in [3.05, 3.63) is 5.53 Å². The number of likely N-dealkylation sites (tertiary alicyclic amines) is 1. The van der Waals surface area contributed by atoms with Gasteiger partial charge in [-0.15, -0.1) is 0 Å². The van der Waals surface area contributed by atoms with Crippen molar-refractivity contribution in [2.24, 2.45) is 0 Å². The van der Waals surface area contributed by atoms with Crippen LogP contribution in [0.15, 0.2) is 0 Å². The zero-order valence-corrected chi connectivity index (χ0v) is 7.64. The van der Waals surface area contributed by atoms with Crippen LogP contribution >= 0.6 is 0 Å². The number of carbonyl (C=O) groups is 1. The monoisotopic (exact) mass is 183 g/mol. The fourth-order valence-electron chi connectivity index (χ4n) is 1.62. The van der Waals surface area contributed by atoms with E-state index in [4.69, 9.17) is 10.3 Å². The van der Waals surface area contributed by atoms with Crippen LogP contribution < -0.4 is 0 Å². The van der Waals surface area contributed by atoms with Gasteiger partial charge in [-0.1, -0.05) is 0 Å². The lowest BCUT2D eigenvalue weighted by molar-refractivity contribution is -0.128. The molecule has 0 aromatic rings. The summed E-state index contributed by atoms with van der Waals surface area (Å²) < 4.78 is 4.98. The van der Waals surface area contributed by atoms with Crippen molar-refractivity contribution in [1.82, 2.24) is 4.90 Å². The Bertz CT molecular complexity index is 236. The molecule has 0 N–H and O–H groups in total. The average molecular weight is 183 g/mol. The van der Waals surface area contributed by atoms with E-state index in [1.54, 1.807) is 12.0 Å². The third-order valence-electron chi connectivity index (χ3n) is 2.19. The molecular weight excluding hydrogens is 170 g/mol. The Hall–Kier alpha value is -1.19. The zero-order valence-electron chi connectivity index (χ0n) is 7.64. The molecule has 0 bridgehead atoms. The SMILES string of the molecule is COCC1CCCN1C(=O)C=[N+]=[N-]. The van der Waals surface area contributed by atoms with E-state index >= 15 is 0 Å². The van der Waals surface area contributed by atoms with Crippen LogP contribution in [0.5, 0.6) is 0 Å². The minimum absolute atomic E-state index is 0.135. The quantitative estimate of drug-likeness (QED) is 0.349. The second-order valence-electron chi connectivity index (χ2n) is 3.03. The summed E-state index contributed by atoms with van der Waals surface area (Å²) >= 11 is 0. The molecule has 1 atom stereocenters. The highest BCUT2D eigenvalue weighted by Crippen LogP contribution is 2.16. The third-order valence-corrected chi connectivity index (χ3v) is 2.19. The zero-order chi connectivity index (χ0) is 9.68. The summed E-state index contributed by atoms with van der Waals surface area (Å²) in [5.74, 6) is -0.248. The van der Waals surface area contributed by atoms with Crippen LogP contribution in [0, 0.1) is 0 Å². The van der Waals surface area contributed by atoms with Crippen molar-refractivity contribution < 1.29 is 14.3 Å². The van der Waals surface area contributed by atoms with Gasteiger partial charge in [0, 0.05) is 13.7 Å². The Morgan fingerprint density at radius 3 is 3.23 bits per heavy atom. The number of ether oxygens (including phenoxy) is 1. The van der Waals surface area contributed by atoms with E-state index in [0.717, 1.165) is 25.6 Å². The fourth-order valence-corrected chi connectivity index (χ4v) is 1.62. The molecule has 5 nitrogen and oxygen atoms in total. The molecule has 1 fully saturated rings. The van der Waals surface area contributed by atoms with Gasteiger partial charge in [0.2, 0.25) is 0 Å². The highest BCUT2D eigenvalue weighted by Gasteiger charge is 2.29. The Morgan fingerprint density at radius 1 is 1.85 bits per heavy atom. The molecule has 1 unspecified atom stereocenters. The first-order valence-corrected chi connectivity index (χ1v) is 4.26. The lowest BCUT2D eigenvalue weighted by Gasteiger charge is -2.20. The highest BCUT2D eigenvalue weighted by molar-refractivity contribution is 6.23. The van der Waals surface area contributed by atoms with Crippen molar-refractivity contribution in [2.75, 3.05) is 20.3 Å². The smallest absolute Gasteiger partial charge is 0.344 e. The van der Waals surface area contributed by atoms with Crippen molar-refractivity contribution in [2.45, 2.75) is 18.9 Å². The summed E-state index contributed by atoms with van der Waals surface area (Å²) in [6.07, 6.45) is 2.87. The third kappa shape index (κ3) is 2.37. The predicted octanol–water partition coefficient (Wildman–Crippen LogP) is -0.0756. The normalized spacial score (nSPS) is 21.3. The highest BCUT2D eigenvalue weighted by atomic mass is 16.5. The number of methoxy groups -OCH3 is 1. The van der Waals surface area contributed by atoms with E-state index in [1.165, 1.54) is 0 Å². The molecule has 1 aliphatic heterocycles. The van der Waals surface area contributed by atoms with E-state index in [-0.39, 0.29) is 11.9 Å². The summed E-state index contributed by atoms with van der Waals surface area (Å²) in [5, 5.41) is 0. The van der Waals surface area contributed by atoms with E-state index < -0.39 is 0 Å². The summed E-state index contributed by atoms with van der Waals surface area (Å²) in [4.78, 5) is 15.7. The van der Waals surface area contributed by atoms with Crippen molar-refractivity contribution in [1.29, 1.82) is 0 Å². The molecule has 1 heterocycles. The van der Waals surface area contributed by atoms with Crippen LogP contribution in [0.25, 0.3) is 5.53 Å². The molecule has 1 amide bonds. The summed E-state index contributed by atoms with van der Waals surface area (Å²) in [6.45, 7) is 1.27. The number of hydrogen-bond donors (Lipinski definition) is 0. The van der Waals surface area contributed by atoms with Gasteiger partial charge in [0.1, 0.15) is 0 Å². The molecule has 5 heteroatoms. The van der Waals surface area contributed by atoms with E-state index in [1.807, 2.05) is 0 Å². The van der Waals surface area contributed by atoms with Crippen LogP contribution in [-0.2, 0) is 9.53 Å². The maximum atomic E-state index is 11.3. The maximum Gasteiger partial charge on any atom is 0.344 e. The molecule has 1 aliphatic rings. The number of carbonyl (C=O) groups excluding carboxylic acids is 1. The van der Waals surface area contributed by atoms with Crippen LogP contribution in [0.3, 0.4) is 0 Å². The fraction of sp³-hybridized carbons (Fsp3) is 0.750. The molecule has 1 saturated heterocycles. The van der Waals surface area contributed by atoms with Crippen molar-refractivity contribution in [3.63, 3.8) is 0 Å². The van der Waals surface area contributed by atoms with Crippen LogP contribution in [-0.4, -0.2) is 48.1 Å². The number of hydrogen-bond acceptors (Lipinski definition) is 2. The standard InChI is InChI=1S/C8H13N3O2/c1-13-6-7-3-2-4-11(7)8(12)5-10-9/h5,7H,2-4,6H2,1H3. The molecule has 13 heavy (non-hydrogen) atoms. The van der Waals surface area contributed by atoms with Gasteiger partial charge in [0.15, 0.2) is 0 Å². The first-order valence-electron chi connectivity index (χ1n) is 4.26. The summed E-state index contributed by atoms with van der Waals surface area (Å²) in [7, 11) is 1.61. The molecule has 72 valence electrons. The Balaban J connectivity index is 2.56. The Labute approximate surface area is 76.9 Å². The molecule has 0 spiro atoms. The number of amides is 1. The second-order valence-corrected chi connectivity index (χ2v) is 3.03. The van der Waals surface area contributed by atoms with Gasteiger partial charge in [0.05, 0.1) is 12.6 Å². The van der Waals surface area contributed by atoms with E-state index in [0.29, 0.717) is 6.61 Å². The van der Waals surface area contributed by atoms with Crippen molar-refractivity contribution in [3.8, 4) is 0 Å². The van der Waals surface area contributed by atoms with Crippen LogP contribution in [0.1, 0.15) is 12.8 Å². The van der Waals surface area contributed by atoms with Gasteiger partial charge in [-0.2, -0.15) is 4.79 Å². The second kappa shape index (κ2) is 4.74. The summed E-state index contributed by atoms with van der Waals surface area (Å²) in [5.41, 5.74) is 8.20. The van der Waals surface area contributed by atoms with E-state index in [9.17, 15) is 4.79 Å².